The van der Waals surface area contributed by atoms with Crippen LogP contribution in [0.5, 0.6) is 0 Å². The number of benzene rings is 1. The first-order valence-electron chi connectivity index (χ1n) is 8.29. The molecule has 118 valence electrons. The Morgan fingerprint density at radius 2 is 1.90 bits per heavy atom. The number of ether oxygens (including phenoxy) is 2. The van der Waals surface area contributed by atoms with Gasteiger partial charge in [-0.05, 0) is 31.9 Å². The minimum absolute atomic E-state index is 0.0853. The summed E-state index contributed by atoms with van der Waals surface area (Å²) >= 11 is 0. The summed E-state index contributed by atoms with van der Waals surface area (Å²) in [6.07, 6.45) is 4.12. The lowest BCUT2D eigenvalue weighted by Gasteiger charge is -2.43. The van der Waals surface area contributed by atoms with E-state index in [0.29, 0.717) is 6.04 Å². The van der Waals surface area contributed by atoms with Gasteiger partial charge in [0.05, 0.1) is 5.60 Å². The molecular weight excluding hydrogens is 262 g/mol. The lowest BCUT2D eigenvalue weighted by Crippen LogP contribution is -2.56. The largest absolute Gasteiger partial charge is 0.381 e. The van der Waals surface area contributed by atoms with Crippen LogP contribution in [-0.2, 0) is 15.9 Å². The molecule has 3 heteroatoms. The van der Waals surface area contributed by atoms with E-state index in [9.17, 15) is 0 Å². The van der Waals surface area contributed by atoms with Crippen molar-refractivity contribution in [3.63, 3.8) is 0 Å². The van der Waals surface area contributed by atoms with Gasteiger partial charge < -0.3 is 14.8 Å². The Morgan fingerprint density at radius 3 is 2.52 bits per heavy atom. The molecule has 0 bridgehead atoms. The topological polar surface area (TPSA) is 30.5 Å². The fourth-order valence-electron chi connectivity index (χ4n) is 3.21. The van der Waals surface area contributed by atoms with Crippen LogP contribution in [0.1, 0.15) is 38.7 Å². The third-order valence-electron chi connectivity index (χ3n) is 4.33. The molecule has 1 unspecified atom stereocenters. The molecule has 1 fully saturated rings. The first kappa shape index (κ1) is 16.5. The van der Waals surface area contributed by atoms with Gasteiger partial charge in [-0.2, -0.15) is 0 Å². The summed E-state index contributed by atoms with van der Waals surface area (Å²) in [5.41, 5.74) is 1.29. The van der Waals surface area contributed by atoms with Crippen LogP contribution in [0.4, 0.5) is 0 Å². The van der Waals surface area contributed by atoms with Crippen molar-refractivity contribution in [2.75, 3.05) is 26.4 Å². The highest BCUT2D eigenvalue weighted by Crippen LogP contribution is 2.31. The second kappa shape index (κ2) is 8.52. The van der Waals surface area contributed by atoms with E-state index < -0.39 is 0 Å². The Kier molecular flexibility index (Phi) is 6.68. The van der Waals surface area contributed by atoms with E-state index in [4.69, 9.17) is 9.47 Å². The molecule has 0 spiro atoms. The average molecular weight is 291 g/mol. The molecule has 1 aromatic carbocycles. The van der Waals surface area contributed by atoms with Crippen molar-refractivity contribution in [1.82, 2.24) is 5.32 Å². The smallest absolute Gasteiger partial charge is 0.0881 e. The monoisotopic (exact) mass is 291 g/mol. The first-order valence-corrected chi connectivity index (χ1v) is 8.29. The molecule has 0 aromatic heterocycles. The van der Waals surface area contributed by atoms with Gasteiger partial charge in [0.25, 0.3) is 0 Å². The van der Waals surface area contributed by atoms with Gasteiger partial charge in [0.1, 0.15) is 0 Å². The molecule has 2 rings (SSSR count). The fraction of sp³-hybridized carbons (Fsp3) is 0.667. The molecule has 1 aromatic rings. The van der Waals surface area contributed by atoms with Crippen molar-refractivity contribution in [2.45, 2.75) is 51.2 Å². The zero-order valence-electron chi connectivity index (χ0n) is 13.4. The van der Waals surface area contributed by atoms with Gasteiger partial charge in [0, 0.05) is 38.7 Å². The van der Waals surface area contributed by atoms with Gasteiger partial charge >= 0.3 is 0 Å². The Bertz CT molecular complexity index is 382. The van der Waals surface area contributed by atoms with E-state index in [1.807, 2.05) is 0 Å². The van der Waals surface area contributed by atoms with Crippen molar-refractivity contribution in [1.29, 1.82) is 0 Å². The molecule has 1 heterocycles. The SMILES string of the molecule is CCCNC(Cc1ccccc1)C1(OCC)CCOCC1. The van der Waals surface area contributed by atoms with Crippen molar-refractivity contribution in [2.24, 2.45) is 0 Å². The predicted octanol–water partition coefficient (Wildman–Crippen LogP) is 3.18. The van der Waals surface area contributed by atoms with Gasteiger partial charge in [-0.3, -0.25) is 0 Å². The lowest BCUT2D eigenvalue weighted by atomic mass is 9.82. The maximum atomic E-state index is 6.26. The van der Waals surface area contributed by atoms with E-state index in [2.05, 4.69) is 49.5 Å². The van der Waals surface area contributed by atoms with E-state index in [1.165, 1.54) is 5.56 Å². The molecular formula is C18H29NO2. The highest BCUT2D eigenvalue weighted by atomic mass is 16.5. The molecule has 3 nitrogen and oxygen atoms in total. The Morgan fingerprint density at radius 1 is 1.19 bits per heavy atom. The van der Waals surface area contributed by atoms with Crippen molar-refractivity contribution in [3.8, 4) is 0 Å². The predicted molar refractivity (Wildman–Crippen MR) is 86.6 cm³/mol. The summed E-state index contributed by atoms with van der Waals surface area (Å²) in [4.78, 5) is 0. The van der Waals surface area contributed by atoms with E-state index in [-0.39, 0.29) is 5.60 Å². The summed E-state index contributed by atoms with van der Waals surface area (Å²) in [7, 11) is 0. The second-order valence-electron chi connectivity index (χ2n) is 5.81. The van der Waals surface area contributed by atoms with Crippen LogP contribution in [0.2, 0.25) is 0 Å². The summed E-state index contributed by atoms with van der Waals surface area (Å²) in [5, 5.41) is 3.73. The second-order valence-corrected chi connectivity index (χ2v) is 5.81. The number of hydrogen-bond donors (Lipinski definition) is 1. The normalized spacial score (nSPS) is 19.3. The molecule has 1 aliphatic heterocycles. The molecule has 1 aliphatic rings. The zero-order valence-corrected chi connectivity index (χ0v) is 13.4. The van der Waals surface area contributed by atoms with Crippen molar-refractivity contribution in [3.05, 3.63) is 35.9 Å². The third kappa shape index (κ3) is 4.53. The van der Waals surface area contributed by atoms with Crippen LogP contribution in [0.15, 0.2) is 30.3 Å². The number of rotatable bonds is 8. The van der Waals surface area contributed by atoms with E-state index >= 15 is 0 Å². The summed E-state index contributed by atoms with van der Waals surface area (Å²) in [6.45, 7) is 7.71. The lowest BCUT2D eigenvalue weighted by molar-refractivity contribution is -0.126. The molecule has 21 heavy (non-hydrogen) atoms. The highest BCUT2D eigenvalue weighted by molar-refractivity contribution is 5.17. The maximum absolute atomic E-state index is 6.26. The molecule has 1 saturated heterocycles. The molecule has 0 saturated carbocycles. The molecule has 1 atom stereocenters. The van der Waals surface area contributed by atoms with Crippen LogP contribution >= 0.6 is 0 Å². The van der Waals surface area contributed by atoms with Gasteiger partial charge in [-0.1, -0.05) is 37.3 Å². The average Bonchev–Trinajstić information content (AvgIpc) is 2.53. The maximum Gasteiger partial charge on any atom is 0.0881 e. The Balaban J connectivity index is 2.15. The summed E-state index contributed by atoms with van der Waals surface area (Å²) < 4.78 is 11.8. The van der Waals surface area contributed by atoms with Crippen LogP contribution in [0, 0.1) is 0 Å². The highest BCUT2D eigenvalue weighted by Gasteiger charge is 2.40. The minimum atomic E-state index is -0.0853. The zero-order chi connectivity index (χ0) is 15.0. The van der Waals surface area contributed by atoms with E-state index in [1.54, 1.807) is 0 Å². The van der Waals surface area contributed by atoms with Crippen LogP contribution in [0.25, 0.3) is 0 Å². The minimum Gasteiger partial charge on any atom is -0.381 e. The molecule has 0 aliphatic carbocycles. The van der Waals surface area contributed by atoms with Crippen molar-refractivity contribution >= 4 is 0 Å². The third-order valence-corrected chi connectivity index (χ3v) is 4.33. The Hall–Kier alpha value is -0.900. The van der Waals surface area contributed by atoms with Crippen LogP contribution in [0.3, 0.4) is 0 Å². The molecule has 0 amide bonds. The first-order chi connectivity index (χ1) is 10.3. The quantitative estimate of drug-likeness (QED) is 0.798. The molecule has 1 N–H and O–H groups in total. The van der Waals surface area contributed by atoms with Crippen LogP contribution < -0.4 is 5.32 Å². The summed E-state index contributed by atoms with van der Waals surface area (Å²) in [6, 6.07) is 11.1. The fourth-order valence-corrected chi connectivity index (χ4v) is 3.21. The van der Waals surface area contributed by atoms with Gasteiger partial charge in [-0.15, -0.1) is 0 Å². The standard InChI is InChI=1S/C18H29NO2/c1-3-12-19-17(15-16-8-6-5-7-9-16)18(21-4-2)10-13-20-14-11-18/h5-9,17,19H,3-4,10-15H2,1-2H3. The van der Waals surface area contributed by atoms with Crippen LogP contribution in [-0.4, -0.2) is 38.0 Å². The van der Waals surface area contributed by atoms with Gasteiger partial charge in [-0.25, -0.2) is 0 Å². The van der Waals surface area contributed by atoms with Gasteiger partial charge in [0.15, 0.2) is 0 Å². The number of nitrogens with one attached hydrogen (secondary N) is 1. The summed E-state index contributed by atoms with van der Waals surface area (Å²) in [5.74, 6) is 0. The van der Waals surface area contributed by atoms with Gasteiger partial charge in [0.2, 0.25) is 0 Å². The Labute approximate surface area is 129 Å². The van der Waals surface area contributed by atoms with E-state index in [0.717, 1.165) is 52.0 Å². The molecule has 0 radical (unpaired) electrons. The van der Waals surface area contributed by atoms with Crippen molar-refractivity contribution < 1.29 is 9.47 Å². The number of hydrogen-bond acceptors (Lipinski definition) is 3.